The first kappa shape index (κ1) is 21.5. The number of halogens is 1. The highest BCUT2D eigenvalue weighted by Gasteiger charge is 2.24. The van der Waals surface area contributed by atoms with Gasteiger partial charge in [-0.1, -0.05) is 31.9 Å². The molecule has 0 aromatic heterocycles. The smallest absolute Gasteiger partial charge is 0.251 e. The number of benzene rings is 1. The Hall–Kier alpha value is -1.59. The van der Waals surface area contributed by atoms with Gasteiger partial charge in [-0.2, -0.15) is 0 Å². The molecule has 0 heterocycles. The van der Waals surface area contributed by atoms with Crippen LogP contribution in [0, 0.1) is 5.92 Å². The first-order valence-electron chi connectivity index (χ1n) is 9.00. The third-order valence-corrected chi connectivity index (χ3v) is 4.58. The van der Waals surface area contributed by atoms with E-state index in [-0.39, 0.29) is 36.2 Å². The van der Waals surface area contributed by atoms with Crippen LogP contribution in [0.15, 0.2) is 24.3 Å². The van der Waals surface area contributed by atoms with Crippen LogP contribution in [0.2, 0.25) is 0 Å². The summed E-state index contributed by atoms with van der Waals surface area (Å²) < 4.78 is 0. The summed E-state index contributed by atoms with van der Waals surface area (Å²) in [5.41, 5.74) is 7.59. The van der Waals surface area contributed by atoms with Crippen molar-refractivity contribution >= 4 is 24.2 Å². The Labute approximate surface area is 156 Å². The zero-order valence-electron chi connectivity index (χ0n) is 14.9. The molecule has 4 N–H and O–H groups in total. The van der Waals surface area contributed by atoms with E-state index in [0.717, 1.165) is 44.1 Å². The van der Waals surface area contributed by atoms with Gasteiger partial charge in [0.25, 0.3) is 5.91 Å². The maximum Gasteiger partial charge on any atom is 0.251 e. The first-order valence-corrected chi connectivity index (χ1v) is 9.00. The molecule has 1 aliphatic rings. The van der Waals surface area contributed by atoms with Crippen LogP contribution in [0.1, 0.15) is 61.4 Å². The van der Waals surface area contributed by atoms with Crippen LogP contribution in [0.5, 0.6) is 0 Å². The third kappa shape index (κ3) is 7.04. The number of nitrogens with one attached hydrogen (secondary N) is 2. The zero-order chi connectivity index (χ0) is 17.4. The Morgan fingerprint density at radius 1 is 1.16 bits per heavy atom. The Balaban J connectivity index is 0.00000312. The van der Waals surface area contributed by atoms with Gasteiger partial charge in [0.15, 0.2) is 0 Å². The summed E-state index contributed by atoms with van der Waals surface area (Å²) in [6.07, 6.45) is 5.80. The Kier molecular flexibility index (Phi) is 9.53. The standard InChI is InChI=1S/C19H29N3O2.ClH/c1-2-3-11-21-18(23)15-9-7-14(8-10-15)13-22-19(24)16-5-4-6-17(20)12-16;/h7-10,16-17H,2-6,11-13,20H2,1H3,(H,21,23)(H,22,24);1H. The Morgan fingerprint density at radius 3 is 2.52 bits per heavy atom. The van der Waals surface area contributed by atoms with Crippen LogP contribution < -0.4 is 16.4 Å². The van der Waals surface area contributed by atoms with Gasteiger partial charge >= 0.3 is 0 Å². The second-order valence-corrected chi connectivity index (χ2v) is 6.65. The molecule has 140 valence electrons. The molecule has 1 aromatic carbocycles. The number of carbonyl (C=O) groups is 2. The van der Waals surface area contributed by atoms with Gasteiger partial charge in [-0.25, -0.2) is 0 Å². The van der Waals surface area contributed by atoms with Crippen LogP contribution >= 0.6 is 12.4 Å². The molecule has 0 spiro atoms. The average Bonchev–Trinajstić information content (AvgIpc) is 2.60. The highest BCUT2D eigenvalue weighted by Crippen LogP contribution is 2.23. The second-order valence-electron chi connectivity index (χ2n) is 6.65. The minimum atomic E-state index is -0.0461. The van der Waals surface area contributed by atoms with Crippen molar-refractivity contribution in [2.75, 3.05) is 6.54 Å². The van der Waals surface area contributed by atoms with E-state index in [9.17, 15) is 9.59 Å². The van der Waals surface area contributed by atoms with Crippen LogP contribution in [0.4, 0.5) is 0 Å². The molecular formula is C19H30ClN3O2. The van der Waals surface area contributed by atoms with Crippen LogP contribution in [0.3, 0.4) is 0 Å². The number of hydrogen-bond acceptors (Lipinski definition) is 3. The third-order valence-electron chi connectivity index (χ3n) is 4.58. The van der Waals surface area contributed by atoms with E-state index < -0.39 is 0 Å². The molecule has 0 radical (unpaired) electrons. The molecule has 0 aliphatic heterocycles. The van der Waals surface area contributed by atoms with Crippen LogP contribution in [-0.2, 0) is 11.3 Å². The maximum atomic E-state index is 12.2. The van der Waals surface area contributed by atoms with Crippen molar-refractivity contribution in [3.05, 3.63) is 35.4 Å². The quantitative estimate of drug-likeness (QED) is 0.648. The fourth-order valence-electron chi connectivity index (χ4n) is 3.05. The summed E-state index contributed by atoms with van der Waals surface area (Å²) in [5.74, 6) is 0.0825. The Morgan fingerprint density at radius 2 is 1.88 bits per heavy atom. The second kappa shape index (κ2) is 11.1. The van der Waals surface area contributed by atoms with Crippen molar-refractivity contribution in [2.45, 2.75) is 58.0 Å². The van der Waals surface area contributed by atoms with Gasteiger partial charge in [0, 0.05) is 30.6 Å². The van der Waals surface area contributed by atoms with E-state index in [4.69, 9.17) is 5.73 Å². The predicted molar refractivity (Wildman–Crippen MR) is 103 cm³/mol. The number of carbonyl (C=O) groups excluding carboxylic acids is 2. The molecule has 0 bridgehead atoms. The van der Waals surface area contributed by atoms with Gasteiger partial charge in [-0.05, 0) is 43.4 Å². The lowest BCUT2D eigenvalue weighted by atomic mass is 9.85. The van der Waals surface area contributed by atoms with Gasteiger partial charge in [-0.3, -0.25) is 9.59 Å². The highest BCUT2D eigenvalue weighted by molar-refractivity contribution is 5.94. The van der Waals surface area contributed by atoms with E-state index >= 15 is 0 Å². The van der Waals surface area contributed by atoms with Crippen molar-refractivity contribution in [3.8, 4) is 0 Å². The molecule has 1 fully saturated rings. The maximum absolute atomic E-state index is 12.2. The monoisotopic (exact) mass is 367 g/mol. The number of rotatable bonds is 7. The van der Waals surface area contributed by atoms with Crippen molar-refractivity contribution in [1.29, 1.82) is 0 Å². The highest BCUT2D eigenvalue weighted by atomic mass is 35.5. The van der Waals surface area contributed by atoms with Gasteiger partial charge in [0.1, 0.15) is 0 Å². The molecule has 0 saturated heterocycles. The summed E-state index contributed by atoms with van der Waals surface area (Å²) in [4.78, 5) is 24.1. The number of hydrogen-bond donors (Lipinski definition) is 3. The van der Waals surface area contributed by atoms with Crippen molar-refractivity contribution in [3.63, 3.8) is 0 Å². The molecular weight excluding hydrogens is 338 g/mol. The largest absolute Gasteiger partial charge is 0.352 e. The minimum Gasteiger partial charge on any atom is -0.352 e. The lowest BCUT2D eigenvalue weighted by Crippen LogP contribution is -2.37. The molecule has 1 aromatic rings. The molecule has 2 atom stereocenters. The van der Waals surface area contributed by atoms with Gasteiger partial charge in [0.2, 0.25) is 5.91 Å². The molecule has 25 heavy (non-hydrogen) atoms. The topological polar surface area (TPSA) is 84.2 Å². The van der Waals surface area contributed by atoms with E-state index in [1.807, 2.05) is 12.1 Å². The van der Waals surface area contributed by atoms with E-state index in [0.29, 0.717) is 18.7 Å². The number of amides is 2. The van der Waals surface area contributed by atoms with Gasteiger partial charge in [-0.15, -0.1) is 12.4 Å². The summed E-state index contributed by atoms with van der Waals surface area (Å²) in [6.45, 7) is 3.29. The first-order chi connectivity index (χ1) is 11.6. The van der Waals surface area contributed by atoms with Gasteiger partial charge < -0.3 is 16.4 Å². The van der Waals surface area contributed by atoms with Crippen molar-refractivity contribution < 1.29 is 9.59 Å². The van der Waals surface area contributed by atoms with Crippen LogP contribution in [0.25, 0.3) is 0 Å². The molecule has 6 heteroatoms. The summed E-state index contributed by atoms with van der Waals surface area (Å²) in [7, 11) is 0. The normalized spacial score (nSPS) is 19.6. The number of nitrogens with two attached hydrogens (primary N) is 1. The van der Waals surface area contributed by atoms with E-state index in [1.54, 1.807) is 12.1 Å². The molecule has 1 saturated carbocycles. The molecule has 1 aliphatic carbocycles. The molecule has 2 amide bonds. The lowest BCUT2D eigenvalue weighted by molar-refractivity contribution is -0.126. The molecule has 5 nitrogen and oxygen atoms in total. The number of unbranched alkanes of at least 4 members (excludes halogenated alkanes) is 1. The van der Waals surface area contributed by atoms with Crippen LogP contribution in [-0.4, -0.2) is 24.4 Å². The predicted octanol–water partition coefficient (Wildman–Crippen LogP) is 2.77. The molecule has 2 unspecified atom stereocenters. The SMILES string of the molecule is CCCCNC(=O)c1ccc(CNC(=O)C2CCCC(N)C2)cc1.Cl. The van der Waals surface area contributed by atoms with Crippen molar-refractivity contribution in [1.82, 2.24) is 10.6 Å². The molecule has 2 rings (SSSR count). The van der Waals surface area contributed by atoms with E-state index in [2.05, 4.69) is 17.6 Å². The zero-order valence-corrected chi connectivity index (χ0v) is 15.7. The Bertz CT molecular complexity index is 548. The van der Waals surface area contributed by atoms with E-state index in [1.165, 1.54) is 0 Å². The van der Waals surface area contributed by atoms with Gasteiger partial charge in [0.05, 0.1) is 0 Å². The summed E-state index contributed by atoms with van der Waals surface area (Å²) in [6, 6.07) is 7.54. The average molecular weight is 368 g/mol. The minimum absolute atomic E-state index is 0. The summed E-state index contributed by atoms with van der Waals surface area (Å²) >= 11 is 0. The summed E-state index contributed by atoms with van der Waals surface area (Å²) in [5, 5.41) is 5.88. The van der Waals surface area contributed by atoms with Crippen molar-refractivity contribution in [2.24, 2.45) is 11.7 Å². The fraction of sp³-hybridized carbons (Fsp3) is 0.579. The fourth-order valence-corrected chi connectivity index (χ4v) is 3.05. The lowest BCUT2D eigenvalue weighted by Gasteiger charge is -2.25.